The second kappa shape index (κ2) is 6.89. The minimum Gasteiger partial charge on any atom is -0.0898 e. The molecule has 0 fully saturated rings. The molecule has 0 saturated carbocycles. The van der Waals surface area contributed by atoms with Crippen LogP contribution < -0.4 is 0 Å². The van der Waals surface area contributed by atoms with E-state index in [1.165, 1.54) is 0 Å². The Morgan fingerprint density at radius 1 is 1.25 bits per heavy atom. The van der Waals surface area contributed by atoms with Gasteiger partial charge in [-0.25, -0.2) is 0 Å². The molecule has 0 aromatic heterocycles. The van der Waals surface area contributed by atoms with Gasteiger partial charge >= 0.3 is 0 Å². The van der Waals surface area contributed by atoms with Crippen LogP contribution in [0.3, 0.4) is 0 Å². The molecular formula is C6H4BrCl. The lowest BCUT2D eigenvalue weighted by molar-refractivity contribution is 1.12. The molecule has 0 bridgehead atoms. The van der Waals surface area contributed by atoms with E-state index in [1.54, 1.807) is 0 Å². The Labute approximate surface area is 62.7 Å². The molecule has 0 unspecified atom stereocenters. The van der Waals surface area contributed by atoms with Crippen molar-refractivity contribution in [3.8, 4) is 22.1 Å². The van der Waals surface area contributed by atoms with Crippen molar-refractivity contribution in [2.24, 2.45) is 0 Å². The summed E-state index contributed by atoms with van der Waals surface area (Å²) in [7, 11) is 0. The van der Waals surface area contributed by atoms with Crippen molar-refractivity contribution in [2.45, 2.75) is 12.8 Å². The summed E-state index contributed by atoms with van der Waals surface area (Å²) in [6.07, 6.45) is 1.53. The number of halogens is 2. The van der Waals surface area contributed by atoms with Crippen LogP contribution >= 0.6 is 27.5 Å². The van der Waals surface area contributed by atoms with Crippen molar-refractivity contribution >= 4 is 27.5 Å². The van der Waals surface area contributed by atoms with Gasteiger partial charge in [0.15, 0.2) is 0 Å². The van der Waals surface area contributed by atoms with Crippen molar-refractivity contribution in [3.05, 3.63) is 0 Å². The zero-order chi connectivity index (χ0) is 6.24. The lowest BCUT2D eigenvalue weighted by Gasteiger charge is -1.72. The van der Waals surface area contributed by atoms with Crippen LogP contribution in [0.1, 0.15) is 12.8 Å². The van der Waals surface area contributed by atoms with Crippen molar-refractivity contribution in [1.29, 1.82) is 0 Å². The Morgan fingerprint density at radius 3 is 2.38 bits per heavy atom. The third-order valence-corrected chi connectivity index (χ3v) is 0.923. The highest BCUT2D eigenvalue weighted by molar-refractivity contribution is 9.12. The van der Waals surface area contributed by atoms with Crippen LogP contribution in [0, 0.1) is 22.1 Å². The SMILES string of the molecule is ClC#CCCC#CBr. The lowest BCUT2D eigenvalue weighted by atomic mass is 10.3. The van der Waals surface area contributed by atoms with Gasteiger partial charge < -0.3 is 0 Å². The maximum absolute atomic E-state index is 5.06. The Kier molecular flexibility index (Phi) is 6.80. The molecule has 0 heterocycles. The van der Waals surface area contributed by atoms with Crippen LogP contribution in [0.2, 0.25) is 0 Å². The van der Waals surface area contributed by atoms with Gasteiger partial charge in [-0.3, -0.25) is 0 Å². The van der Waals surface area contributed by atoms with E-state index in [1.807, 2.05) is 0 Å². The molecule has 0 spiro atoms. The quantitative estimate of drug-likeness (QED) is 0.441. The molecule has 2 heteroatoms. The highest BCUT2D eigenvalue weighted by atomic mass is 79.9. The maximum Gasteiger partial charge on any atom is 0.0211 e. The fourth-order valence-electron chi connectivity index (χ4n) is 0.219. The zero-order valence-electron chi connectivity index (χ0n) is 4.17. The zero-order valence-corrected chi connectivity index (χ0v) is 6.51. The summed E-state index contributed by atoms with van der Waals surface area (Å²) in [4.78, 5) is 2.58. The van der Waals surface area contributed by atoms with E-state index in [-0.39, 0.29) is 0 Å². The van der Waals surface area contributed by atoms with Crippen LogP contribution in [0.25, 0.3) is 0 Å². The van der Waals surface area contributed by atoms with Gasteiger partial charge in [-0.05, 0) is 16.4 Å². The predicted molar refractivity (Wildman–Crippen MR) is 39.6 cm³/mol. The molecule has 0 atom stereocenters. The molecule has 0 aromatic rings. The van der Waals surface area contributed by atoms with E-state index >= 15 is 0 Å². The van der Waals surface area contributed by atoms with Gasteiger partial charge in [-0.2, -0.15) is 0 Å². The van der Waals surface area contributed by atoms with Gasteiger partial charge in [-0.15, -0.1) is 0 Å². The fourth-order valence-corrected chi connectivity index (χ4v) is 0.512. The fraction of sp³-hybridized carbons (Fsp3) is 0.333. The monoisotopic (exact) mass is 190 g/mol. The number of hydrogen-bond donors (Lipinski definition) is 0. The second-order valence-corrected chi connectivity index (χ2v) is 1.63. The Bertz CT molecular complexity index is 133. The molecule has 0 aliphatic heterocycles. The first-order chi connectivity index (χ1) is 3.91. The number of unbranched alkanes of at least 4 members (excludes halogenated alkanes) is 1. The molecule has 0 saturated heterocycles. The maximum atomic E-state index is 5.06. The summed E-state index contributed by atoms with van der Waals surface area (Å²) in [5.41, 5.74) is 0. The molecule has 0 nitrogen and oxygen atoms in total. The molecule has 0 aliphatic carbocycles. The molecule has 0 rings (SSSR count). The molecule has 0 aromatic carbocycles. The standard InChI is InChI=1S/C6H4BrCl/c7-5-3-1-2-4-6-8/h1-2H2. The van der Waals surface area contributed by atoms with Crippen LogP contribution in [-0.2, 0) is 0 Å². The Balaban J connectivity index is 3.10. The summed E-state index contributed by atoms with van der Waals surface area (Å²) in [5.74, 6) is 5.46. The highest BCUT2D eigenvalue weighted by Crippen LogP contribution is 1.84. The van der Waals surface area contributed by atoms with Gasteiger partial charge in [0.25, 0.3) is 0 Å². The summed E-state index contributed by atoms with van der Waals surface area (Å²) in [6.45, 7) is 0. The third kappa shape index (κ3) is 5.89. The van der Waals surface area contributed by atoms with Gasteiger partial charge in [0.2, 0.25) is 0 Å². The summed E-state index contributed by atoms with van der Waals surface area (Å²) >= 11 is 8.02. The third-order valence-electron chi connectivity index (χ3n) is 0.509. The largest absolute Gasteiger partial charge is 0.0898 e. The normalized spacial score (nSPS) is 5.75. The Morgan fingerprint density at radius 2 is 1.88 bits per heavy atom. The van der Waals surface area contributed by atoms with Crippen molar-refractivity contribution in [3.63, 3.8) is 0 Å². The number of hydrogen-bond acceptors (Lipinski definition) is 0. The van der Waals surface area contributed by atoms with Gasteiger partial charge in [0.1, 0.15) is 0 Å². The van der Waals surface area contributed by atoms with Crippen LogP contribution in [0.4, 0.5) is 0 Å². The van der Waals surface area contributed by atoms with Crippen molar-refractivity contribution < 1.29 is 0 Å². The average Bonchev–Trinajstić information content (AvgIpc) is 1.81. The topological polar surface area (TPSA) is 0 Å². The lowest BCUT2D eigenvalue weighted by Crippen LogP contribution is -1.61. The highest BCUT2D eigenvalue weighted by Gasteiger charge is 1.70. The molecule has 0 aliphatic rings. The minimum absolute atomic E-state index is 0.752. The summed E-state index contributed by atoms with van der Waals surface area (Å²) in [5, 5.41) is 2.27. The first-order valence-electron chi connectivity index (χ1n) is 2.09. The predicted octanol–water partition coefficient (Wildman–Crippen LogP) is 2.32. The average molecular weight is 191 g/mol. The van der Waals surface area contributed by atoms with E-state index in [9.17, 15) is 0 Å². The van der Waals surface area contributed by atoms with Crippen molar-refractivity contribution in [1.82, 2.24) is 0 Å². The van der Waals surface area contributed by atoms with Crippen LogP contribution in [0.15, 0.2) is 0 Å². The molecule has 0 N–H and O–H groups in total. The molecule has 0 amide bonds. The van der Waals surface area contributed by atoms with E-state index in [0.29, 0.717) is 0 Å². The summed E-state index contributed by atoms with van der Waals surface area (Å²) < 4.78 is 0. The second-order valence-electron chi connectivity index (χ2n) is 1.04. The molecule has 0 radical (unpaired) electrons. The van der Waals surface area contributed by atoms with Gasteiger partial charge in [0, 0.05) is 34.2 Å². The van der Waals surface area contributed by atoms with Crippen molar-refractivity contribution in [2.75, 3.05) is 0 Å². The Hall–Kier alpha value is -0.110. The van der Waals surface area contributed by atoms with E-state index in [0.717, 1.165) is 12.8 Å². The van der Waals surface area contributed by atoms with E-state index in [4.69, 9.17) is 11.6 Å². The minimum atomic E-state index is 0.752. The first-order valence-corrected chi connectivity index (χ1v) is 3.26. The smallest absolute Gasteiger partial charge is 0.0211 e. The molecule has 42 valence electrons. The summed E-state index contributed by atoms with van der Waals surface area (Å²) in [6, 6.07) is 0. The van der Waals surface area contributed by atoms with E-state index in [2.05, 4.69) is 38.0 Å². The number of rotatable bonds is 1. The molecular weight excluding hydrogens is 187 g/mol. The van der Waals surface area contributed by atoms with Crippen LogP contribution in [0.5, 0.6) is 0 Å². The van der Waals surface area contributed by atoms with Crippen LogP contribution in [-0.4, -0.2) is 0 Å². The van der Waals surface area contributed by atoms with E-state index < -0.39 is 0 Å². The van der Waals surface area contributed by atoms with Gasteiger partial charge in [-0.1, -0.05) is 11.8 Å². The molecule has 8 heavy (non-hydrogen) atoms. The van der Waals surface area contributed by atoms with Gasteiger partial charge in [0.05, 0.1) is 0 Å². The first kappa shape index (κ1) is 7.89.